The van der Waals surface area contributed by atoms with Gasteiger partial charge in [-0.2, -0.15) is 0 Å². The van der Waals surface area contributed by atoms with Gasteiger partial charge in [-0.25, -0.2) is 0 Å². The van der Waals surface area contributed by atoms with Crippen molar-refractivity contribution in [1.29, 1.82) is 0 Å². The number of alkyl halides is 1. The molecule has 0 aliphatic heterocycles. The van der Waals surface area contributed by atoms with Crippen LogP contribution in [0.3, 0.4) is 0 Å². The second-order valence-electron chi connectivity index (χ2n) is 8.32. The predicted molar refractivity (Wildman–Crippen MR) is 121 cm³/mol. The number of benzene rings is 2. The average Bonchev–Trinajstić information content (AvgIpc) is 2.97. The number of ether oxygens (including phenoxy) is 1. The second kappa shape index (κ2) is 8.01. The molecule has 0 N–H and O–H groups in total. The Labute approximate surface area is 177 Å². The summed E-state index contributed by atoms with van der Waals surface area (Å²) in [5, 5.41) is 1.69. The van der Waals surface area contributed by atoms with Crippen molar-refractivity contribution in [3.05, 3.63) is 47.5 Å². The van der Waals surface area contributed by atoms with Crippen molar-refractivity contribution >= 4 is 42.5 Å². The molecule has 2 aromatic carbocycles. The van der Waals surface area contributed by atoms with Gasteiger partial charge in [-0.1, -0.05) is 32.4 Å². The Kier molecular flexibility index (Phi) is 6.04. The lowest BCUT2D eigenvalue weighted by Gasteiger charge is -2.36. The Balaban J connectivity index is 2.14. The van der Waals surface area contributed by atoms with E-state index >= 15 is 0 Å². The summed E-state index contributed by atoms with van der Waals surface area (Å²) in [6.07, 6.45) is 0. The molecule has 3 nitrogen and oxygen atoms in total. The molecule has 0 radical (unpaired) electrons. The molecular weight excluding hydrogens is 411 g/mol. The zero-order valence-corrected chi connectivity index (χ0v) is 19.4. The van der Waals surface area contributed by atoms with E-state index in [0.717, 1.165) is 28.0 Å². The zero-order chi connectivity index (χ0) is 20.5. The first-order valence-electron chi connectivity index (χ1n) is 9.32. The van der Waals surface area contributed by atoms with Crippen molar-refractivity contribution in [1.82, 2.24) is 0 Å². The smallest absolute Gasteiger partial charge is 0.250 e. The van der Waals surface area contributed by atoms with Crippen LogP contribution < -0.4 is 9.16 Å². The minimum atomic E-state index is -2.07. The highest BCUT2D eigenvalue weighted by Crippen LogP contribution is 2.46. The zero-order valence-electron chi connectivity index (χ0n) is 16.9. The van der Waals surface area contributed by atoms with Crippen molar-refractivity contribution in [2.24, 2.45) is 0 Å². The summed E-state index contributed by atoms with van der Waals surface area (Å²) in [6, 6.07) is 13.4. The summed E-state index contributed by atoms with van der Waals surface area (Å²) < 4.78 is 18.6. The van der Waals surface area contributed by atoms with Crippen LogP contribution in [0.2, 0.25) is 23.2 Å². The van der Waals surface area contributed by atoms with E-state index in [9.17, 15) is 0 Å². The van der Waals surface area contributed by atoms with Gasteiger partial charge in [-0.05, 0) is 54.5 Å². The van der Waals surface area contributed by atoms with E-state index in [4.69, 9.17) is 36.8 Å². The molecule has 0 amide bonds. The third-order valence-electron chi connectivity index (χ3n) is 5.23. The Morgan fingerprint density at radius 1 is 1.04 bits per heavy atom. The van der Waals surface area contributed by atoms with Crippen molar-refractivity contribution < 1.29 is 13.6 Å². The van der Waals surface area contributed by atoms with Crippen molar-refractivity contribution in [2.75, 3.05) is 12.5 Å². The van der Waals surface area contributed by atoms with E-state index in [1.54, 1.807) is 0 Å². The summed E-state index contributed by atoms with van der Waals surface area (Å²) in [6.45, 7) is 11.6. The summed E-state index contributed by atoms with van der Waals surface area (Å²) in [5.74, 6) is 2.66. The van der Waals surface area contributed by atoms with Crippen LogP contribution in [0.4, 0.5) is 0 Å². The minimum Gasteiger partial charge on any atom is -0.540 e. The average molecular weight is 437 g/mol. The molecule has 1 aromatic heterocycles. The van der Waals surface area contributed by atoms with Gasteiger partial charge in [0.05, 0.1) is 11.3 Å². The number of halogens is 2. The summed E-state index contributed by atoms with van der Waals surface area (Å²) in [4.78, 5) is 0. The highest BCUT2D eigenvalue weighted by atomic mass is 35.5. The van der Waals surface area contributed by atoms with E-state index < -0.39 is 8.32 Å². The fraction of sp³-hybridized carbons (Fsp3) is 0.364. The fourth-order valence-electron chi connectivity index (χ4n) is 2.60. The van der Waals surface area contributed by atoms with Crippen molar-refractivity contribution in [2.45, 2.75) is 38.9 Å². The van der Waals surface area contributed by atoms with Gasteiger partial charge in [0, 0.05) is 16.7 Å². The Hall–Kier alpha value is -1.62. The van der Waals surface area contributed by atoms with Gasteiger partial charge in [0.2, 0.25) is 0 Å². The molecule has 0 fully saturated rings. The van der Waals surface area contributed by atoms with Crippen molar-refractivity contribution in [3.8, 4) is 22.8 Å². The normalized spacial score (nSPS) is 12.4. The summed E-state index contributed by atoms with van der Waals surface area (Å²) >= 11 is 11.8. The molecule has 0 bridgehead atoms. The number of fused-ring (bicyclic) bond motifs is 1. The molecule has 3 aromatic rings. The maximum absolute atomic E-state index is 6.71. The Morgan fingerprint density at radius 2 is 1.71 bits per heavy atom. The molecule has 0 atom stereocenters. The van der Waals surface area contributed by atoms with E-state index in [0.29, 0.717) is 23.3 Å². The molecule has 150 valence electrons. The molecule has 0 unspecified atom stereocenters. The monoisotopic (exact) mass is 436 g/mol. The highest BCUT2D eigenvalue weighted by molar-refractivity contribution is 6.74. The van der Waals surface area contributed by atoms with Gasteiger partial charge in [0.1, 0.15) is 17.9 Å². The van der Waals surface area contributed by atoms with Crippen LogP contribution in [0.25, 0.3) is 22.3 Å². The minimum absolute atomic E-state index is 0.0667. The van der Waals surface area contributed by atoms with E-state index in [-0.39, 0.29) is 5.04 Å². The number of furan rings is 1. The molecule has 0 saturated carbocycles. The number of hydrogen-bond acceptors (Lipinski definition) is 3. The molecule has 0 aliphatic carbocycles. The molecule has 1 heterocycles. The first kappa shape index (κ1) is 21.1. The standard InChI is InChI=1S/C22H26Cl2O3Si/c1-22(2,3)28(4,5)27-21-18-11-10-17(25-13-12-23)14-19(18)26-20(21)15-6-8-16(24)9-7-15/h6-11,14H,12-13H2,1-5H3. The lowest BCUT2D eigenvalue weighted by molar-refractivity contribution is 0.343. The van der Waals surface area contributed by atoms with Gasteiger partial charge >= 0.3 is 0 Å². The first-order valence-corrected chi connectivity index (χ1v) is 13.1. The largest absolute Gasteiger partial charge is 0.540 e. The van der Waals surface area contributed by atoms with Gasteiger partial charge in [0.25, 0.3) is 8.32 Å². The SMILES string of the molecule is CC(C)(C)[Si](C)(C)Oc1c(-c2ccc(Cl)cc2)oc2cc(OCCCl)ccc12. The summed E-state index contributed by atoms with van der Waals surface area (Å²) in [7, 11) is -2.07. The Bertz CT molecular complexity index is 956. The van der Waals surface area contributed by atoms with Gasteiger partial charge in [0.15, 0.2) is 11.5 Å². The molecule has 0 spiro atoms. The topological polar surface area (TPSA) is 31.6 Å². The molecule has 0 aliphatic rings. The second-order valence-corrected chi connectivity index (χ2v) is 13.9. The van der Waals surface area contributed by atoms with Crippen LogP contribution in [-0.2, 0) is 0 Å². The third kappa shape index (κ3) is 4.34. The van der Waals surface area contributed by atoms with Gasteiger partial charge in [-0.3, -0.25) is 0 Å². The van der Waals surface area contributed by atoms with Gasteiger partial charge < -0.3 is 13.6 Å². The summed E-state index contributed by atoms with van der Waals surface area (Å²) in [5.41, 5.74) is 1.66. The van der Waals surface area contributed by atoms with Crippen LogP contribution in [0.5, 0.6) is 11.5 Å². The number of hydrogen-bond donors (Lipinski definition) is 0. The van der Waals surface area contributed by atoms with Crippen LogP contribution in [0.1, 0.15) is 20.8 Å². The molecule has 0 saturated heterocycles. The predicted octanol–water partition coefficient (Wildman–Crippen LogP) is 7.75. The lowest BCUT2D eigenvalue weighted by atomic mass is 10.1. The third-order valence-corrected chi connectivity index (χ3v) is 9.96. The van der Waals surface area contributed by atoms with Crippen molar-refractivity contribution in [3.63, 3.8) is 0 Å². The quantitative estimate of drug-likeness (QED) is 0.292. The fourth-order valence-corrected chi connectivity index (χ4v) is 3.82. The molecule has 6 heteroatoms. The van der Waals surface area contributed by atoms with E-state index in [1.807, 2.05) is 42.5 Å². The molecule has 28 heavy (non-hydrogen) atoms. The van der Waals surface area contributed by atoms with E-state index in [2.05, 4.69) is 33.9 Å². The Morgan fingerprint density at radius 3 is 2.32 bits per heavy atom. The first-order chi connectivity index (χ1) is 13.1. The van der Waals surface area contributed by atoms with Gasteiger partial charge in [-0.15, -0.1) is 11.6 Å². The van der Waals surface area contributed by atoms with Crippen LogP contribution in [-0.4, -0.2) is 20.8 Å². The lowest BCUT2D eigenvalue weighted by Crippen LogP contribution is -2.43. The number of rotatable bonds is 6. The maximum Gasteiger partial charge on any atom is 0.250 e. The highest BCUT2D eigenvalue weighted by Gasteiger charge is 2.40. The van der Waals surface area contributed by atoms with Crippen LogP contribution in [0.15, 0.2) is 46.9 Å². The molecule has 3 rings (SSSR count). The van der Waals surface area contributed by atoms with Crippen LogP contribution >= 0.6 is 23.2 Å². The van der Waals surface area contributed by atoms with Crippen LogP contribution in [0, 0.1) is 0 Å². The molecular formula is C22H26Cl2O3Si. The maximum atomic E-state index is 6.71. The van der Waals surface area contributed by atoms with E-state index in [1.165, 1.54) is 0 Å².